The van der Waals surface area contributed by atoms with Crippen molar-refractivity contribution in [3.05, 3.63) is 24.3 Å². The van der Waals surface area contributed by atoms with Crippen molar-refractivity contribution in [1.29, 1.82) is 0 Å². The normalized spacial score (nSPS) is 12.4. The molecule has 0 aliphatic heterocycles. The number of nitrogens with zero attached hydrogens (tertiary/aromatic N) is 4. The van der Waals surface area contributed by atoms with Crippen molar-refractivity contribution in [3.63, 3.8) is 0 Å². The molecule has 0 saturated heterocycles. The summed E-state index contributed by atoms with van der Waals surface area (Å²) in [7, 11) is 9.87. The van der Waals surface area contributed by atoms with E-state index in [1.807, 2.05) is 61.8 Å². The lowest BCUT2D eigenvalue weighted by Crippen LogP contribution is -1.91. The van der Waals surface area contributed by atoms with Crippen LogP contribution in [0.5, 0.6) is 0 Å². The van der Waals surface area contributed by atoms with Crippen LogP contribution in [0.15, 0.2) is 33.8 Å². The highest BCUT2D eigenvalue weighted by Crippen LogP contribution is 2.24. The second-order valence-corrected chi connectivity index (χ2v) is 5.95. The third kappa shape index (κ3) is 5.43. The largest absolute Gasteiger partial charge is 0.248 e. The molecule has 0 fully saturated rings. The predicted octanol–water partition coefficient (Wildman–Crippen LogP) is 4.16. The van der Waals surface area contributed by atoms with Gasteiger partial charge in [0, 0.05) is 0 Å². The molecule has 0 bridgehead atoms. The maximum absolute atomic E-state index is 4.39. The second-order valence-electron chi connectivity index (χ2n) is 3.59. The summed E-state index contributed by atoms with van der Waals surface area (Å²) in [5.41, 5.74) is 1.96. The van der Waals surface area contributed by atoms with Gasteiger partial charge in [-0.05, 0) is 52.5 Å². The smallest absolute Gasteiger partial charge is 0.0984 e. The van der Waals surface area contributed by atoms with Crippen molar-refractivity contribution >= 4 is 28.4 Å². The zero-order chi connectivity index (χ0) is 12.0. The molecule has 0 radical (unpaired) electrons. The summed E-state index contributed by atoms with van der Waals surface area (Å²) < 4.78 is 12.8. The zero-order valence-corrected chi connectivity index (χ0v) is 11.8. The van der Waals surface area contributed by atoms with Gasteiger partial charge in [-0.25, -0.2) is 18.8 Å². The zero-order valence-electron chi connectivity index (χ0n) is 9.99. The molecule has 0 aromatic heterocycles. The Labute approximate surface area is 100 Å². The summed E-state index contributed by atoms with van der Waals surface area (Å²) in [5.74, 6) is 0. The van der Waals surface area contributed by atoms with Crippen LogP contribution >= 0.6 is 17.0 Å². The molecule has 1 aromatic carbocycles. The highest BCUT2D eigenvalue weighted by molar-refractivity contribution is 7.24. The monoisotopic (exact) mass is 254 g/mol. The first-order chi connectivity index (χ1) is 7.58. The number of hydrogen-bond acceptors (Lipinski definition) is 2. The van der Waals surface area contributed by atoms with E-state index in [0.29, 0.717) is 0 Å². The minimum atomic E-state index is 0.952. The quantitative estimate of drug-likeness (QED) is 0.755. The van der Waals surface area contributed by atoms with Gasteiger partial charge in [0.2, 0.25) is 0 Å². The van der Waals surface area contributed by atoms with Gasteiger partial charge >= 0.3 is 0 Å². The van der Waals surface area contributed by atoms with Crippen molar-refractivity contribution in [2.75, 3.05) is 28.2 Å². The van der Waals surface area contributed by atoms with Gasteiger partial charge in [-0.1, -0.05) is 0 Å². The summed E-state index contributed by atoms with van der Waals surface area (Å²) in [6.07, 6.45) is 0. The van der Waals surface area contributed by atoms with Crippen LogP contribution in [0.4, 0.5) is 11.4 Å². The van der Waals surface area contributed by atoms with Gasteiger partial charge in [-0.2, -0.15) is 0 Å². The molecule has 0 N–H and O–H groups in total. The first kappa shape index (κ1) is 13.4. The van der Waals surface area contributed by atoms with Crippen molar-refractivity contribution < 1.29 is 0 Å². The van der Waals surface area contributed by atoms with Gasteiger partial charge in [0.05, 0.1) is 28.4 Å². The molecule has 0 atom stereocenters. The van der Waals surface area contributed by atoms with E-state index in [1.165, 1.54) is 0 Å². The summed E-state index contributed by atoms with van der Waals surface area (Å²) >= 11 is 0. The van der Waals surface area contributed by atoms with Gasteiger partial charge in [0.1, 0.15) is 0 Å². The highest BCUT2D eigenvalue weighted by Gasteiger charge is 1.91. The second kappa shape index (κ2) is 6.82. The Morgan fingerprint density at radius 3 is 1.31 bits per heavy atom. The Kier molecular flexibility index (Phi) is 5.72. The molecule has 0 aliphatic rings. The molecule has 0 spiro atoms. The van der Waals surface area contributed by atoms with Gasteiger partial charge in [0.25, 0.3) is 0 Å². The molecule has 1 rings (SSSR count). The fourth-order valence-electron chi connectivity index (χ4n) is 0.868. The van der Waals surface area contributed by atoms with Crippen LogP contribution < -0.4 is 0 Å². The Morgan fingerprint density at radius 2 is 1.06 bits per heavy atom. The molecule has 16 heavy (non-hydrogen) atoms. The maximum atomic E-state index is 4.39. The van der Waals surface area contributed by atoms with E-state index in [0.717, 1.165) is 28.4 Å². The fraction of sp³-hybridized carbons (Fsp3) is 0.400. The molecular weight excluding hydrogens is 238 g/mol. The molecule has 4 nitrogen and oxygen atoms in total. The van der Waals surface area contributed by atoms with Crippen molar-refractivity contribution in [1.82, 2.24) is 9.34 Å². The molecule has 86 valence electrons. The highest BCUT2D eigenvalue weighted by atomic mass is 31.1. The average molecular weight is 254 g/mol. The van der Waals surface area contributed by atoms with Crippen LogP contribution in [0.1, 0.15) is 0 Å². The third-order valence-corrected chi connectivity index (χ3v) is 2.88. The lowest BCUT2D eigenvalue weighted by atomic mass is 10.3. The topological polar surface area (TPSA) is 31.2 Å². The van der Waals surface area contributed by atoms with Crippen LogP contribution in [-0.4, -0.2) is 37.5 Å². The summed E-state index contributed by atoms with van der Waals surface area (Å²) in [5, 5.41) is 0. The standard InChI is InChI=1S/C10H16N4P2/c1-13(2)15-11-9-5-7-10(8-6-9)12-16-14(3)4/h5-8H,1-4H3. The van der Waals surface area contributed by atoms with E-state index in [9.17, 15) is 0 Å². The Bertz CT molecular complexity index is 334. The van der Waals surface area contributed by atoms with E-state index >= 15 is 0 Å². The Balaban J connectivity index is 2.68. The molecule has 0 aliphatic carbocycles. The summed E-state index contributed by atoms with van der Waals surface area (Å²) in [6.45, 7) is 0. The van der Waals surface area contributed by atoms with Crippen LogP contribution in [0.3, 0.4) is 0 Å². The molecule has 0 unspecified atom stereocenters. The molecule has 0 heterocycles. The lowest BCUT2D eigenvalue weighted by molar-refractivity contribution is 0.696. The number of benzene rings is 1. The molecule has 6 heteroatoms. The molecule has 0 amide bonds. The van der Waals surface area contributed by atoms with Crippen molar-refractivity contribution in [2.24, 2.45) is 9.49 Å². The van der Waals surface area contributed by atoms with Gasteiger partial charge < -0.3 is 0 Å². The van der Waals surface area contributed by atoms with E-state index in [-0.39, 0.29) is 0 Å². The summed E-state index contributed by atoms with van der Waals surface area (Å²) in [6, 6.07) is 7.95. The van der Waals surface area contributed by atoms with E-state index in [1.54, 1.807) is 0 Å². The first-order valence-corrected chi connectivity index (χ1v) is 6.46. The minimum absolute atomic E-state index is 0.952. The first-order valence-electron chi connectivity index (χ1n) is 4.86. The number of hydrogen-bond donors (Lipinski definition) is 0. The van der Waals surface area contributed by atoms with Gasteiger partial charge in [-0.3, -0.25) is 0 Å². The van der Waals surface area contributed by atoms with Crippen molar-refractivity contribution in [2.45, 2.75) is 0 Å². The fourth-order valence-corrected chi connectivity index (χ4v) is 1.70. The Morgan fingerprint density at radius 1 is 0.750 bits per heavy atom. The van der Waals surface area contributed by atoms with Gasteiger partial charge in [-0.15, -0.1) is 0 Å². The number of rotatable bonds is 4. The van der Waals surface area contributed by atoms with Crippen LogP contribution in [0.2, 0.25) is 0 Å². The van der Waals surface area contributed by atoms with Crippen LogP contribution in [0.25, 0.3) is 0 Å². The minimum Gasteiger partial charge on any atom is -0.248 e. The molecular formula is C10H16N4P2. The molecule has 0 saturated carbocycles. The molecule has 1 aromatic rings. The van der Waals surface area contributed by atoms with Crippen LogP contribution in [0, 0.1) is 0 Å². The van der Waals surface area contributed by atoms with E-state index in [2.05, 4.69) is 9.49 Å². The van der Waals surface area contributed by atoms with Gasteiger partial charge in [0.15, 0.2) is 0 Å². The van der Waals surface area contributed by atoms with Crippen LogP contribution in [-0.2, 0) is 0 Å². The summed E-state index contributed by atoms with van der Waals surface area (Å²) in [4.78, 5) is 0. The third-order valence-electron chi connectivity index (χ3n) is 1.53. The predicted molar refractivity (Wildman–Crippen MR) is 71.8 cm³/mol. The lowest BCUT2D eigenvalue weighted by Gasteiger charge is -1.99. The Hall–Kier alpha value is -0.660. The SMILES string of the molecule is CN(C)/P=N/c1ccc(/N=P/N(C)C)cc1. The van der Waals surface area contributed by atoms with E-state index in [4.69, 9.17) is 0 Å². The average Bonchev–Trinajstić information content (AvgIpc) is 2.25. The van der Waals surface area contributed by atoms with E-state index < -0.39 is 0 Å². The maximum Gasteiger partial charge on any atom is 0.0984 e. The van der Waals surface area contributed by atoms with Crippen molar-refractivity contribution in [3.8, 4) is 0 Å².